The highest BCUT2D eigenvalue weighted by atomic mass is 35.5. The van der Waals surface area contributed by atoms with E-state index < -0.39 is 0 Å². The second-order valence-corrected chi connectivity index (χ2v) is 4.98. The highest BCUT2D eigenvalue weighted by Gasteiger charge is 2.08. The summed E-state index contributed by atoms with van der Waals surface area (Å²) in [5, 5.41) is 1.51. The SMILES string of the molecule is O=c1[nH]ccc2nc(-c3ccc(Cl)cc3)sc12. The Bertz CT molecular complexity index is 730. The number of hydrogen-bond acceptors (Lipinski definition) is 3. The zero-order valence-electron chi connectivity index (χ0n) is 8.61. The Hall–Kier alpha value is -1.65. The largest absolute Gasteiger partial charge is 0.328 e. The van der Waals surface area contributed by atoms with Crippen molar-refractivity contribution in [2.75, 3.05) is 0 Å². The summed E-state index contributed by atoms with van der Waals surface area (Å²) >= 11 is 7.22. The fourth-order valence-electron chi connectivity index (χ4n) is 1.59. The lowest BCUT2D eigenvalue weighted by Crippen LogP contribution is -2.01. The predicted molar refractivity (Wildman–Crippen MR) is 70.7 cm³/mol. The van der Waals surface area contributed by atoms with Gasteiger partial charge in [-0.25, -0.2) is 4.98 Å². The van der Waals surface area contributed by atoms with E-state index in [0.717, 1.165) is 16.1 Å². The lowest BCUT2D eigenvalue weighted by Gasteiger charge is -1.94. The van der Waals surface area contributed by atoms with Crippen molar-refractivity contribution in [3.05, 3.63) is 51.9 Å². The quantitative estimate of drug-likeness (QED) is 0.731. The summed E-state index contributed by atoms with van der Waals surface area (Å²) in [7, 11) is 0. The first-order valence-electron chi connectivity index (χ1n) is 4.98. The van der Waals surface area contributed by atoms with Gasteiger partial charge in [0.05, 0.1) is 5.52 Å². The van der Waals surface area contributed by atoms with E-state index in [1.807, 2.05) is 24.3 Å². The van der Waals surface area contributed by atoms with Gasteiger partial charge in [-0.05, 0) is 18.2 Å². The zero-order chi connectivity index (χ0) is 11.8. The molecule has 17 heavy (non-hydrogen) atoms. The maximum atomic E-state index is 11.6. The molecule has 3 rings (SSSR count). The summed E-state index contributed by atoms with van der Waals surface area (Å²) < 4.78 is 0.650. The molecule has 5 heteroatoms. The van der Waals surface area contributed by atoms with Crippen LogP contribution in [-0.4, -0.2) is 9.97 Å². The first-order valence-corrected chi connectivity index (χ1v) is 6.18. The number of hydrogen-bond donors (Lipinski definition) is 1. The Balaban J connectivity index is 2.21. The Morgan fingerprint density at radius 1 is 1.18 bits per heavy atom. The van der Waals surface area contributed by atoms with Crippen molar-refractivity contribution in [2.24, 2.45) is 0 Å². The van der Waals surface area contributed by atoms with Crippen molar-refractivity contribution in [2.45, 2.75) is 0 Å². The number of benzene rings is 1. The topological polar surface area (TPSA) is 45.8 Å². The minimum Gasteiger partial charge on any atom is -0.328 e. The van der Waals surface area contributed by atoms with Crippen LogP contribution < -0.4 is 5.56 Å². The molecule has 0 bridgehead atoms. The molecule has 0 amide bonds. The number of aromatic nitrogens is 2. The van der Waals surface area contributed by atoms with Gasteiger partial charge < -0.3 is 4.98 Å². The molecular formula is C12H7ClN2OS. The van der Waals surface area contributed by atoms with Crippen molar-refractivity contribution in [1.29, 1.82) is 0 Å². The van der Waals surface area contributed by atoms with Crippen LogP contribution in [0.4, 0.5) is 0 Å². The minimum absolute atomic E-state index is 0.0970. The number of aromatic amines is 1. The van der Waals surface area contributed by atoms with E-state index in [0.29, 0.717) is 9.72 Å². The Kier molecular flexibility index (Phi) is 2.46. The van der Waals surface area contributed by atoms with E-state index in [9.17, 15) is 4.79 Å². The van der Waals surface area contributed by atoms with Gasteiger partial charge in [0.15, 0.2) is 0 Å². The van der Waals surface area contributed by atoms with E-state index in [4.69, 9.17) is 11.6 Å². The van der Waals surface area contributed by atoms with Crippen LogP contribution in [0.15, 0.2) is 41.3 Å². The molecule has 0 aliphatic carbocycles. The molecule has 0 saturated carbocycles. The molecule has 2 heterocycles. The molecule has 0 spiro atoms. The third kappa shape index (κ3) is 1.85. The second-order valence-electron chi connectivity index (χ2n) is 3.55. The van der Waals surface area contributed by atoms with E-state index in [1.165, 1.54) is 11.3 Å². The average Bonchev–Trinajstić information content (AvgIpc) is 2.75. The van der Waals surface area contributed by atoms with Crippen LogP contribution in [0.1, 0.15) is 0 Å². The summed E-state index contributed by atoms with van der Waals surface area (Å²) in [5.41, 5.74) is 1.60. The van der Waals surface area contributed by atoms with Crippen molar-refractivity contribution in [3.8, 4) is 10.6 Å². The Morgan fingerprint density at radius 3 is 2.65 bits per heavy atom. The number of pyridine rings is 1. The van der Waals surface area contributed by atoms with Gasteiger partial charge in [0.25, 0.3) is 5.56 Å². The van der Waals surface area contributed by atoms with Crippen LogP contribution >= 0.6 is 22.9 Å². The molecule has 84 valence electrons. The lowest BCUT2D eigenvalue weighted by molar-refractivity contribution is 1.28. The summed E-state index contributed by atoms with van der Waals surface area (Å²) in [5.74, 6) is 0. The van der Waals surface area contributed by atoms with Gasteiger partial charge in [-0.3, -0.25) is 4.79 Å². The van der Waals surface area contributed by atoms with Gasteiger partial charge in [0.1, 0.15) is 9.71 Å². The third-order valence-electron chi connectivity index (χ3n) is 2.41. The molecule has 0 fully saturated rings. The van der Waals surface area contributed by atoms with E-state index in [2.05, 4.69) is 9.97 Å². The van der Waals surface area contributed by atoms with Crippen LogP contribution in [0.5, 0.6) is 0 Å². The van der Waals surface area contributed by atoms with Crippen LogP contribution in [-0.2, 0) is 0 Å². The second kappa shape index (κ2) is 3.98. The molecule has 0 unspecified atom stereocenters. The first kappa shape index (κ1) is 10.5. The summed E-state index contributed by atoms with van der Waals surface area (Å²) in [4.78, 5) is 18.6. The van der Waals surface area contributed by atoms with Crippen molar-refractivity contribution < 1.29 is 0 Å². The van der Waals surface area contributed by atoms with E-state index in [-0.39, 0.29) is 5.56 Å². The number of halogens is 1. The normalized spacial score (nSPS) is 10.9. The van der Waals surface area contributed by atoms with Gasteiger partial charge in [0, 0.05) is 16.8 Å². The standard InChI is InChI=1S/C12H7ClN2OS/c13-8-3-1-7(2-4-8)12-15-9-5-6-14-11(16)10(9)17-12/h1-6H,(H,14,16). The highest BCUT2D eigenvalue weighted by Crippen LogP contribution is 2.28. The number of rotatable bonds is 1. The van der Waals surface area contributed by atoms with E-state index in [1.54, 1.807) is 12.3 Å². The van der Waals surface area contributed by atoms with Crippen molar-refractivity contribution >= 4 is 33.2 Å². The first-order chi connectivity index (χ1) is 8.24. The Morgan fingerprint density at radius 2 is 1.94 bits per heavy atom. The molecule has 1 aromatic carbocycles. The van der Waals surface area contributed by atoms with Crippen LogP contribution in [0.2, 0.25) is 5.02 Å². The number of fused-ring (bicyclic) bond motifs is 1. The van der Waals surface area contributed by atoms with Crippen LogP contribution in [0, 0.1) is 0 Å². The fraction of sp³-hybridized carbons (Fsp3) is 0. The molecule has 3 aromatic rings. The third-order valence-corrected chi connectivity index (χ3v) is 3.78. The number of nitrogens with zero attached hydrogens (tertiary/aromatic N) is 1. The van der Waals surface area contributed by atoms with Gasteiger partial charge in [-0.15, -0.1) is 11.3 Å². The molecule has 1 N–H and O–H groups in total. The summed E-state index contributed by atoms with van der Waals surface area (Å²) in [6, 6.07) is 9.22. The monoisotopic (exact) mass is 262 g/mol. The van der Waals surface area contributed by atoms with E-state index >= 15 is 0 Å². The molecule has 0 saturated heterocycles. The highest BCUT2D eigenvalue weighted by molar-refractivity contribution is 7.21. The molecule has 3 nitrogen and oxygen atoms in total. The zero-order valence-corrected chi connectivity index (χ0v) is 10.2. The molecule has 2 aromatic heterocycles. The van der Waals surface area contributed by atoms with Crippen LogP contribution in [0.25, 0.3) is 20.8 Å². The number of nitrogens with one attached hydrogen (secondary N) is 1. The smallest absolute Gasteiger partial charge is 0.267 e. The molecule has 0 aliphatic heterocycles. The number of H-pyrrole nitrogens is 1. The maximum absolute atomic E-state index is 11.6. The maximum Gasteiger partial charge on any atom is 0.267 e. The molecule has 0 aliphatic rings. The van der Waals surface area contributed by atoms with Crippen molar-refractivity contribution in [3.63, 3.8) is 0 Å². The van der Waals surface area contributed by atoms with Gasteiger partial charge >= 0.3 is 0 Å². The lowest BCUT2D eigenvalue weighted by atomic mass is 10.2. The average molecular weight is 263 g/mol. The molecular weight excluding hydrogens is 256 g/mol. The van der Waals surface area contributed by atoms with Crippen LogP contribution in [0.3, 0.4) is 0 Å². The van der Waals surface area contributed by atoms with Gasteiger partial charge in [-0.2, -0.15) is 0 Å². The molecule has 0 atom stereocenters. The Labute approximate surface area is 106 Å². The number of thiazole rings is 1. The van der Waals surface area contributed by atoms with Gasteiger partial charge in [-0.1, -0.05) is 23.7 Å². The minimum atomic E-state index is -0.0970. The van der Waals surface area contributed by atoms with Crippen molar-refractivity contribution in [1.82, 2.24) is 9.97 Å². The van der Waals surface area contributed by atoms with Gasteiger partial charge in [0.2, 0.25) is 0 Å². The summed E-state index contributed by atoms with van der Waals surface area (Å²) in [6.07, 6.45) is 1.61. The summed E-state index contributed by atoms with van der Waals surface area (Å²) in [6.45, 7) is 0. The predicted octanol–water partition coefficient (Wildman–Crippen LogP) is 3.31. The fourth-order valence-corrected chi connectivity index (χ4v) is 2.67. The molecule has 0 radical (unpaired) electrons.